The number of ether oxygens (including phenoxy) is 1. The highest BCUT2D eigenvalue weighted by atomic mass is 16.5. The van der Waals surface area contributed by atoms with Gasteiger partial charge in [0.1, 0.15) is 0 Å². The number of nitrogens with one attached hydrogen (secondary N) is 1. The third-order valence-corrected chi connectivity index (χ3v) is 0.923. The summed E-state index contributed by atoms with van der Waals surface area (Å²) in [5, 5.41) is 2.93. The molecule has 7 heavy (non-hydrogen) atoms. The van der Waals surface area contributed by atoms with E-state index in [-0.39, 0.29) is 0 Å². The van der Waals surface area contributed by atoms with Gasteiger partial charge in [0, 0.05) is 7.05 Å². The van der Waals surface area contributed by atoms with Crippen LogP contribution in [-0.2, 0) is 4.74 Å². The Hall–Kier alpha value is -0.500. The number of rotatable bonds is 1. The Morgan fingerprint density at radius 1 is 1.71 bits per heavy atom. The summed E-state index contributed by atoms with van der Waals surface area (Å²) in [6.07, 6.45) is 1.98. The first-order valence-electron chi connectivity index (χ1n) is 2.36. The summed E-state index contributed by atoms with van der Waals surface area (Å²) in [6, 6.07) is 0. The minimum atomic E-state index is 0.820. The summed E-state index contributed by atoms with van der Waals surface area (Å²) < 4.78 is 4.88. The Morgan fingerprint density at radius 2 is 2.43 bits per heavy atom. The molecule has 0 saturated carbocycles. The number of hydrogen-bond donors (Lipinski definition) is 1. The molecule has 1 aliphatic heterocycles. The van der Waals surface area contributed by atoms with Gasteiger partial charge in [-0.1, -0.05) is 0 Å². The van der Waals surface area contributed by atoms with Crippen LogP contribution >= 0.6 is 0 Å². The fourth-order valence-electron chi connectivity index (χ4n) is 0.507. The highest BCUT2D eigenvalue weighted by molar-refractivity contribution is 5.06. The van der Waals surface area contributed by atoms with Crippen LogP contribution in [0.25, 0.3) is 0 Å². The molecule has 2 nitrogen and oxygen atoms in total. The van der Waals surface area contributed by atoms with E-state index in [2.05, 4.69) is 5.32 Å². The zero-order valence-electron chi connectivity index (χ0n) is 4.40. The van der Waals surface area contributed by atoms with Crippen LogP contribution < -0.4 is 5.32 Å². The van der Waals surface area contributed by atoms with Crippen LogP contribution in [0.3, 0.4) is 0 Å². The molecule has 0 aromatic rings. The van der Waals surface area contributed by atoms with Crippen molar-refractivity contribution in [2.75, 3.05) is 20.3 Å². The Kier molecular flexibility index (Phi) is 1.32. The minimum Gasteiger partial charge on any atom is -0.394 e. The lowest BCUT2D eigenvalue weighted by Crippen LogP contribution is -2.18. The first-order chi connectivity index (χ1) is 3.43. The van der Waals surface area contributed by atoms with E-state index >= 15 is 0 Å². The highest BCUT2D eigenvalue weighted by Crippen LogP contribution is 2.04. The van der Waals surface area contributed by atoms with Crippen molar-refractivity contribution < 1.29 is 4.74 Å². The highest BCUT2D eigenvalue weighted by Gasteiger charge is 2.05. The van der Waals surface area contributed by atoms with Crippen molar-refractivity contribution in [2.24, 2.45) is 0 Å². The van der Waals surface area contributed by atoms with Crippen molar-refractivity contribution in [3.63, 3.8) is 0 Å². The normalized spacial score (nSPS) is 18.1. The summed E-state index contributed by atoms with van der Waals surface area (Å²) in [6.45, 7) is 1.64. The Bertz CT molecular complexity index is 82.1. The van der Waals surface area contributed by atoms with E-state index in [0.717, 1.165) is 13.2 Å². The first kappa shape index (κ1) is 4.65. The van der Waals surface area contributed by atoms with E-state index in [4.69, 9.17) is 4.74 Å². The van der Waals surface area contributed by atoms with E-state index in [1.54, 1.807) is 0 Å². The molecule has 0 atom stereocenters. The second kappa shape index (κ2) is 1.98. The van der Waals surface area contributed by atoms with Crippen LogP contribution in [-0.4, -0.2) is 20.3 Å². The predicted molar refractivity (Wildman–Crippen MR) is 28.0 cm³/mol. The molecule has 0 amide bonds. The SMILES string of the molecule is CNC=C1COC1. The fraction of sp³-hybridized carbons (Fsp3) is 0.600. The maximum Gasteiger partial charge on any atom is 0.0720 e. The third kappa shape index (κ3) is 0.933. The van der Waals surface area contributed by atoms with Crippen LogP contribution in [0.15, 0.2) is 11.8 Å². The average molecular weight is 99.1 g/mol. The number of hydrogen-bond acceptors (Lipinski definition) is 2. The van der Waals surface area contributed by atoms with Gasteiger partial charge in [-0.3, -0.25) is 0 Å². The molecule has 0 unspecified atom stereocenters. The maximum atomic E-state index is 4.88. The largest absolute Gasteiger partial charge is 0.394 e. The molecule has 1 heterocycles. The van der Waals surface area contributed by atoms with Gasteiger partial charge < -0.3 is 10.1 Å². The van der Waals surface area contributed by atoms with Gasteiger partial charge in [-0.2, -0.15) is 0 Å². The maximum absolute atomic E-state index is 4.88. The smallest absolute Gasteiger partial charge is 0.0720 e. The monoisotopic (exact) mass is 99.1 g/mol. The molecule has 1 saturated heterocycles. The van der Waals surface area contributed by atoms with Gasteiger partial charge in [0.05, 0.1) is 13.2 Å². The minimum absolute atomic E-state index is 0.820. The average Bonchev–Trinajstić information content (AvgIpc) is 1.55. The molecule has 1 rings (SSSR count). The Labute approximate surface area is 43.2 Å². The van der Waals surface area contributed by atoms with Gasteiger partial charge in [-0.25, -0.2) is 0 Å². The van der Waals surface area contributed by atoms with Gasteiger partial charge in [-0.15, -0.1) is 0 Å². The molecular formula is C5H9NO. The molecule has 0 bridgehead atoms. The van der Waals surface area contributed by atoms with E-state index < -0.39 is 0 Å². The van der Waals surface area contributed by atoms with Crippen molar-refractivity contribution in [1.29, 1.82) is 0 Å². The fourth-order valence-corrected chi connectivity index (χ4v) is 0.507. The molecule has 1 fully saturated rings. The Balaban J connectivity index is 2.23. The molecule has 0 aliphatic carbocycles. The zero-order valence-corrected chi connectivity index (χ0v) is 4.40. The lowest BCUT2D eigenvalue weighted by Gasteiger charge is -2.16. The second-order valence-corrected chi connectivity index (χ2v) is 1.58. The molecule has 2 heteroatoms. The molecule has 1 aliphatic rings. The van der Waals surface area contributed by atoms with Gasteiger partial charge >= 0.3 is 0 Å². The van der Waals surface area contributed by atoms with Crippen molar-refractivity contribution in [1.82, 2.24) is 5.32 Å². The predicted octanol–water partition coefficient (Wildman–Crippen LogP) is 0.120. The Morgan fingerprint density at radius 3 is 2.57 bits per heavy atom. The summed E-state index contributed by atoms with van der Waals surface area (Å²) in [5.41, 5.74) is 1.35. The van der Waals surface area contributed by atoms with Gasteiger partial charge in [0.2, 0.25) is 0 Å². The summed E-state index contributed by atoms with van der Waals surface area (Å²) in [4.78, 5) is 0. The topological polar surface area (TPSA) is 21.3 Å². The second-order valence-electron chi connectivity index (χ2n) is 1.58. The third-order valence-electron chi connectivity index (χ3n) is 0.923. The van der Waals surface area contributed by atoms with E-state index in [0.29, 0.717) is 0 Å². The lowest BCUT2D eigenvalue weighted by molar-refractivity contribution is 0.102. The first-order valence-corrected chi connectivity index (χ1v) is 2.36. The van der Waals surface area contributed by atoms with Crippen LogP contribution in [0, 0.1) is 0 Å². The summed E-state index contributed by atoms with van der Waals surface area (Å²) in [7, 11) is 1.89. The zero-order chi connectivity index (χ0) is 5.11. The van der Waals surface area contributed by atoms with Gasteiger partial charge in [-0.05, 0) is 11.8 Å². The quantitative estimate of drug-likeness (QED) is 0.504. The van der Waals surface area contributed by atoms with Crippen molar-refractivity contribution >= 4 is 0 Å². The van der Waals surface area contributed by atoms with E-state index in [1.807, 2.05) is 13.2 Å². The molecule has 0 spiro atoms. The van der Waals surface area contributed by atoms with Gasteiger partial charge in [0.15, 0.2) is 0 Å². The summed E-state index contributed by atoms with van der Waals surface area (Å²) >= 11 is 0. The van der Waals surface area contributed by atoms with Crippen molar-refractivity contribution in [2.45, 2.75) is 0 Å². The lowest BCUT2D eigenvalue weighted by atomic mass is 10.3. The molecular weight excluding hydrogens is 90.1 g/mol. The molecule has 0 radical (unpaired) electrons. The summed E-state index contributed by atoms with van der Waals surface area (Å²) in [5.74, 6) is 0. The van der Waals surface area contributed by atoms with Crippen LogP contribution in [0.1, 0.15) is 0 Å². The molecule has 1 N–H and O–H groups in total. The van der Waals surface area contributed by atoms with E-state index in [1.165, 1.54) is 5.57 Å². The van der Waals surface area contributed by atoms with Crippen molar-refractivity contribution in [3.05, 3.63) is 11.8 Å². The molecule has 40 valence electrons. The van der Waals surface area contributed by atoms with Crippen molar-refractivity contribution in [3.8, 4) is 0 Å². The van der Waals surface area contributed by atoms with Gasteiger partial charge in [0.25, 0.3) is 0 Å². The van der Waals surface area contributed by atoms with E-state index in [9.17, 15) is 0 Å². The van der Waals surface area contributed by atoms with Crippen LogP contribution in [0.2, 0.25) is 0 Å². The van der Waals surface area contributed by atoms with Crippen LogP contribution in [0.4, 0.5) is 0 Å². The standard InChI is InChI=1S/C5H9NO/c1-6-2-5-3-7-4-5/h2,6H,3-4H2,1H3. The molecule has 0 aromatic carbocycles. The molecule has 0 aromatic heterocycles. The van der Waals surface area contributed by atoms with Crippen LogP contribution in [0.5, 0.6) is 0 Å².